The number of aliphatic hydroxyl groups excluding tert-OH is 3. The predicted molar refractivity (Wildman–Crippen MR) is 41.1 cm³/mol. The summed E-state index contributed by atoms with van der Waals surface area (Å²) < 4.78 is 0. The molecule has 1 atom stereocenters. The van der Waals surface area contributed by atoms with Crippen LogP contribution in [0.2, 0.25) is 0 Å². The van der Waals surface area contributed by atoms with Crippen molar-refractivity contribution in [1.29, 1.82) is 0 Å². The fourth-order valence-electron chi connectivity index (χ4n) is 0.589. The lowest BCUT2D eigenvalue weighted by Crippen LogP contribution is -2.34. The summed E-state index contributed by atoms with van der Waals surface area (Å²) >= 11 is 0. The van der Waals surface area contributed by atoms with Gasteiger partial charge in [-0.1, -0.05) is 0 Å². The van der Waals surface area contributed by atoms with E-state index in [0.717, 1.165) is 0 Å². The molecule has 0 aliphatic rings. The van der Waals surface area contributed by atoms with Crippen LogP contribution in [0.1, 0.15) is 0 Å². The Balaban J connectivity index is 2.89. The molecule has 0 amide bonds. The number of hydrogen-bond donors (Lipinski definition) is 5. The van der Waals surface area contributed by atoms with Gasteiger partial charge in [0.2, 0.25) is 0 Å². The number of rotatable bonds is 7. The van der Waals surface area contributed by atoms with Crippen LogP contribution in [0.25, 0.3) is 0 Å². The van der Waals surface area contributed by atoms with Crippen LogP contribution in [0.15, 0.2) is 0 Å². The Morgan fingerprint density at radius 1 is 1.09 bits per heavy atom. The van der Waals surface area contributed by atoms with E-state index in [1.807, 2.05) is 0 Å². The molecule has 5 nitrogen and oxygen atoms in total. The predicted octanol–water partition coefficient (Wildman–Crippen LogP) is -2.53. The molecular weight excluding hydrogens is 148 g/mol. The third kappa shape index (κ3) is 7.70. The van der Waals surface area contributed by atoms with Gasteiger partial charge >= 0.3 is 0 Å². The van der Waals surface area contributed by atoms with E-state index in [-0.39, 0.29) is 13.3 Å². The van der Waals surface area contributed by atoms with Gasteiger partial charge in [-0.2, -0.15) is 0 Å². The molecule has 0 aromatic rings. The quantitative estimate of drug-likeness (QED) is 0.212. The molecule has 0 saturated carbocycles. The van der Waals surface area contributed by atoms with Gasteiger partial charge in [-0.3, -0.25) is 5.32 Å². The van der Waals surface area contributed by atoms with Gasteiger partial charge in [0.15, 0.2) is 0 Å². The van der Waals surface area contributed by atoms with Crippen LogP contribution >= 0.6 is 0 Å². The Hall–Kier alpha value is -0.200. The molecule has 0 fully saturated rings. The third-order valence-corrected chi connectivity index (χ3v) is 1.18. The molecule has 0 saturated heterocycles. The van der Waals surface area contributed by atoms with Gasteiger partial charge < -0.3 is 20.6 Å². The van der Waals surface area contributed by atoms with Gasteiger partial charge in [0.25, 0.3) is 0 Å². The van der Waals surface area contributed by atoms with Crippen LogP contribution in [-0.4, -0.2) is 54.4 Å². The van der Waals surface area contributed by atoms with Crippen molar-refractivity contribution in [3.8, 4) is 0 Å². The van der Waals surface area contributed by atoms with E-state index < -0.39 is 6.10 Å². The average Bonchev–Trinajstić information content (AvgIpc) is 2.04. The lowest BCUT2D eigenvalue weighted by molar-refractivity contribution is 0.0945. The fourth-order valence-corrected chi connectivity index (χ4v) is 0.589. The topological polar surface area (TPSA) is 84.8 Å². The maximum Gasteiger partial charge on any atom is 0.0931 e. The zero-order valence-electron chi connectivity index (χ0n) is 6.45. The first-order valence-electron chi connectivity index (χ1n) is 3.62. The van der Waals surface area contributed by atoms with Crippen molar-refractivity contribution in [1.82, 2.24) is 10.6 Å². The molecule has 0 aliphatic heterocycles. The Morgan fingerprint density at radius 3 is 2.27 bits per heavy atom. The summed E-state index contributed by atoms with van der Waals surface area (Å²) in [4.78, 5) is 0. The summed E-state index contributed by atoms with van der Waals surface area (Å²) in [5, 5.41) is 31.1. The van der Waals surface area contributed by atoms with E-state index >= 15 is 0 Å². The SMILES string of the molecule is OCNCCNCC(O)CO. The highest BCUT2D eigenvalue weighted by atomic mass is 16.3. The van der Waals surface area contributed by atoms with E-state index in [4.69, 9.17) is 15.3 Å². The van der Waals surface area contributed by atoms with Crippen molar-refractivity contribution >= 4 is 0 Å². The summed E-state index contributed by atoms with van der Waals surface area (Å²) in [5.74, 6) is 0. The van der Waals surface area contributed by atoms with Gasteiger partial charge in [0, 0.05) is 19.6 Å². The average molecular weight is 164 g/mol. The highest BCUT2D eigenvalue weighted by molar-refractivity contribution is 4.57. The first-order valence-corrected chi connectivity index (χ1v) is 3.62. The summed E-state index contributed by atoms with van der Waals surface area (Å²) in [6.45, 7) is 1.43. The molecule has 0 radical (unpaired) electrons. The molecule has 0 aromatic carbocycles. The molecular formula is C6H16N2O3. The van der Waals surface area contributed by atoms with Crippen LogP contribution < -0.4 is 10.6 Å². The maximum absolute atomic E-state index is 8.83. The minimum absolute atomic E-state index is 0.0375. The zero-order chi connectivity index (χ0) is 8.53. The molecule has 0 aliphatic carbocycles. The van der Waals surface area contributed by atoms with Crippen molar-refractivity contribution < 1.29 is 15.3 Å². The molecule has 5 heteroatoms. The largest absolute Gasteiger partial charge is 0.394 e. The summed E-state index contributed by atoms with van der Waals surface area (Å²) in [7, 11) is 0. The van der Waals surface area contributed by atoms with Crippen LogP contribution in [0.4, 0.5) is 0 Å². The van der Waals surface area contributed by atoms with E-state index in [1.54, 1.807) is 0 Å². The van der Waals surface area contributed by atoms with Crippen molar-refractivity contribution in [2.45, 2.75) is 6.10 Å². The van der Waals surface area contributed by atoms with Gasteiger partial charge in [0.1, 0.15) is 0 Å². The minimum Gasteiger partial charge on any atom is -0.394 e. The van der Waals surface area contributed by atoms with E-state index in [2.05, 4.69) is 10.6 Å². The van der Waals surface area contributed by atoms with Crippen LogP contribution in [-0.2, 0) is 0 Å². The summed E-state index contributed by atoms with van der Waals surface area (Å²) in [6.07, 6.45) is -0.691. The Bertz CT molecular complexity index is 82.2. The van der Waals surface area contributed by atoms with Crippen LogP contribution in [0.3, 0.4) is 0 Å². The number of hydrogen-bond acceptors (Lipinski definition) is 5. The van der Waals surface area contributed by atoms with E-state index in [1.165, 1.54) is 0 Å². The monoisotopic (exact) mass is 164 g/mol. The maximum atomic E-state index is 8.83. The van der Waals surface area contributed by atoms with Gasteiger partial charge in [-0.05, 0) is 0 Å². The molecule has 0 rings (SSSR count). The molecule has 0 spiro atoms. The number of nitrogens with one attached hydrogen (secondary N) is 2. The molecule has 0 heterocycles. The third-order valence-electron chi connectivity index (χ3n) is 1.18. The van der Waals surface area contributed by atoms with E-state index in [0.29, 0.717) is 19.6 Å². The standard InChI is InChI=1S/C6H16N2O3/c9-4-6(11)3-7-1-2-8-5-10/h6-11H,1-5H2. The van der Waals surface area contributed by atoms with Crippen LogP contribution in [0.5, 0.6) is 0 Å². The van der Waals surface area contributed by atoms with E-state index in [9.17, 15) is 0 Å². The molecule has 0 aromatic heterocycles. The highest BCUT2D eigenvalue weighted by Crippen LogP contribution is 1.74. The van der Waals surface area contributed by atoms with Crippen molar-refractivity contribution in [2.24, 2.45) is 0 Å². The first kappa shape index (κ1) is 10.8. The second kappa shape index (κ2) is 7.90. The lowest BCUT2D eigenvalue weighted by Gasteiger charge is -2.08. The molecule has 5 N–H and O–H groups in total. The Morgan fingerprint density at radius 2 is 1.73 bits per heavy atom. The normalized spacial score (nSPS) is 13.4. The van der Waals surface area contributed by atoms with Crippen LogP contribution in [0, 0.1) is 0 Å². The van der Waals surface area contributed by atoms with Crippen molar-refractivity contribution in [2.75, 3.05) is 33.0 Å². The molecule has 68 valence electrons. The molecule has 0 bridgehead atoms. The highest BCUT2D eigenvalue weighted by Gasteiger charge is 1.98. The Labute approximate surface area is 66.0 Å². The van der Waals surface area contributed by atoms with Gasteiger partial charge in [-0.15, -0.1) is 0 Å². The molecule has 11 heavy (non-hydrogen) atoms. The fraction of sp³-hybridized carbons (Fsp3) is 1.00. The summed E-state index contributed by atoms with van der Waals surface area (Å²) in [5.41, 5.74) is 0. The second-order valence-electron chi connectivity index (χ2n) is 2.20. The van der Waals surface area contributed by atoms with Gasteiger partial charge in [-0.25, -0.2) is 0 Å². The molecule has 1 unspecified atom stereocenters. The smallest absolute Gasteiger partial charge is 0.0931 e. The summed E-state index contributed by atoms with van der Waals surface area (Å²) in [6, 6.07) is 0. The number of aliphatic hydroxyl groups is 3. The lowest BCUT2D eigenvalue weighted by atomic mass is 10.4. The second-order valence-corrected chi connectivity index (χ2v) is 2.20. The first-order chi connectivity index (χ1) is 5.31. The van der Waals surface area contributed by atoms with Crippen molar-refractivity contribution in [3.63, 3.8) is 0 Å². The van der Waals surface area contributed by atoms with Gasteiger partial charge in [0.05, 0.1) is 19.4 Å². The minimum atomic E-state index is -0.691. The zero-order valence-corrected chi connectivity index (χ0v) is 6.45. The van der Waals surface area contributed by atoms with Crippen molar-refractivity contribution in [3.05, 3.63) is 0 Å². The Kier molecular flexibility index (Phi) is 7.76.